The van der Waals surface area contributed by atoms with Crippen LogP contribution in [0.15, 0.2) is 34.9 Å². The van der Waals surface area contributed by atoms with E-state index < -0.39 is 5.91 Å². The zero-order chi connectivity index (χ0) is 15.0. The third-order valence-electron chi connectivity index (χ3n) is 2.83. The van der Waals surface area contributed by atoms with Gasteiger partial charge in [0.2, 0.25) is 11.7 Å². The highest BCUT2D eigenvalue weighted by atomic mass is 35.5. The fraction of sp³-hybridized carbons (Fsp3) is 0. The largest absolute Gasteiger partial charge is 0.445 e. The first-order valence-corrected chi connectivity index (χ1v) is 6.29. The molecule has 0 bridgehead atoms. The number of benzene rings is 1. The lowest BCUT2D eigenvalue weighted by molar-refractivity contribution is 0.102. The lowest BCUT2D eigenvalue weighted by Crippen LogP contribution is -2.12. The summed E-state index contributed by atoms with van der Waals surface area (Å²) < 4.78 is 5.20. The molecule has 0 aliphatic heterocycles. The number of nitrogen functional groups attached to an aromatic ring is 2. The molecule has 0 spiro atoms. The molecule has 8 heteroatoms. The van der Waals surface area contributed by atoms with Crippen LogP contribution in [0, 0.1) is 0 Å². The molecule has 0 saturated heterocycles. The predicted molar refractivity (Wildman–Crippen MR) is 80.0 cm³/mol. The second-order valence-corrected chi connectivity index (χ2v) is 4.69. The van der Waals surface area contributed by atoms with Crippen molar-refractivity contribution >= 4 is 46.1 Å². The van der Waals surface area contributed by atoms with Crippen molar-refractivity contribution in [1.29, 1.82) is 0 Å². The van der Waals surface area contributed by atoms with Crippen LogP contribution in [0.5, 0.6) is 0 Å². The summed E-state index contributed by atoms with van der Waals surface area (Å²) >= 11 is 5.79. The molecule has 0 fully saturated rings. The Morgan fingerprint density at radius 1 is 1.19 bits per heavy atom. The second-order valence-electron chi connectivity index (χ2n) is 4.26. The second kappa shape index (κ2) is 4.95. The van der Waals surface area contributed by atoms with Gasteiger partial charge in [0.25, 0.3) is 5.91 Å². The lowest BCUT2D eigenvalue weighted by Gasteiger charge is -2.04. The van der Waals surface area contributed by atoms with E-state index in [1.54, 1.807) is 24.3 Å². The lowest BCUT2D eigenvalue weighted by atomic mass is 10.2. The molecule has 0 atom stereocenters. The van der Waals surface area contributed by atoms with Gasteiger partial charge in [-0.3, -0.25) is 4.79 Å². The molecule has 0 radical (unpaired) electrons. The van der Waals surface area contributed by atoms with Gasteiger partial charge in [0.15, 0.2) is 0 Å². The van der Waals surface area contributed by atoms with E-state index >= 15 is 0 Å². The van der Waals surface area contributed by atoms with Crippen LogP contribution in [0.1, 0.15) is 10.4 Å². The van der Waals surface area contributed by atoms with E-state index in [9.17, 15) is 4.79 Å². The zero-order valence-electron chi connectivity index (χ0n) is 10.6. The summed E-state index contributed by atoms with van der Waals surface area (Å²) in [6.45, 7) is 0. The van der Waals surface area contributed by atoms with Gasteiger partial charge < -0.3 is 21.2 Å². The third kappa shape index (κ3) is 2.46. The van der Waals surface area contributed by atoms with E-state index in [2.05, 4.69) is 15.3 Å². The number of carbonyl (C=O) groups excluding carboxylic acids is 1. The van der Waals surface area contributed by atoms with Crippen LogP contribution >= 0.6 is 11.6 Å². The first-order chi connectivity index (χ1) is 10.0. The van der Waals surface area contributed by atoms with Gasteiger partial charge in [-0.2, -0.15) is 9.97 Å². The van der Waals surface area contributed by atoms with Crippen molar-refractivity contribution in [2.75, 3.05) is 16.8 Å². The molecule has 1 aromatic carbocycles. The van der Waals surface area contributed by atoms with E-state index in [-0.39, 0.29) is 23.0 Å². The van der Waals surface area contributed by atoms with Crippen molar-refractivity contribution in [2.24, 2.45) is 0 Å². The molecule has 7 nitrogen and oxygen atoms in total. The van der Waals surface area contributed by atoms with Crippen molar-refractivity contribution in [3.8, 4) is 0 Å². The van der Waals surface area contributed by atoms with Crippen LogP contribution in [0.4, 0.5) is 17.5 Å². The number of fused-ring (bicyclic) bond motifs is 1. The zero-order valence-corrected chi connectivity index (χ0v) is 11.4. The Bertz CT molecular complexity index is 828. The van der Waals surface area contributed by atoms with E-state index in [1.165, 1.54) is 6.26 Å². The minimum absolute atomic E-state index is 0.0148. The van der Waals surface area contributed by atoms with Gasteiger partial charge in [0.05, 0.1) is 10.9 Å². The molecule has 0 unspecified atom stereocenters. The Balaban J connectivity index is 1.96. The van der Waals surface area contributed by atoms with Crippen LogP contribution in [0.3, 0.4) is 0 Å². The highest BCUT2D eigenvalue weighted by Gasteiger charge is 2.18. The Hall–Kier alpha value is -2.80. The summed E-state index contributed by atoms with van der Waals surface area (Å²) in [7, 11) is 0. The number of hydrogen-bond acceptors (Lipinski definition) is 6. The summed E-state index contributed by atoms with van der Waals surface area (Å²) in [5.74, 6) is -0.317. The van der Waals surface area contributed by atoms with Gasteiger partial charge in [-0.15, -0.1) is 0 Å². The number of anilines is 3. The molecule has 0 aliphatic carbocycles. The molecular weight excluding hydrogens is 294 g/mol. The van der Waals surface area contributed by atoms with Crippen LogP contribution in [0.2, 0.25) is 5.02 Å². The van der Waals surface area contributed by atoms with Gasteiger partial charge in [-0.1, -0.05) is 11.6 Å². The topological polar surface area (TPSA) is 120 Å². The van der Waals surface area contributed by atoms with Gasteiger partial charge >= 0.3 is 0 Å². The van der Waals surface area contributed by atoms with Gasteiger partial charge in [0.1, 0.15) is 12.1 Å². The first kappa shape index (κ1) is 13.2. The molecule has 0 saturated carbocycles. The summed E-state index contributed by atoms with van der Waals surface area (Å²) in [6, 6.07) is 6.70. The molecule has 2 aromatic heterocycles. The fourth-order valence-corrected chi connectivity index (χ4v) is 2.01. The highest BCUT2D eigenvalue weighted by molar-refractivity contribution is 6.30. The highest BCUT2D eigenvalue weighted by Crippen LogP contribution is 2.26. The average molecular weight is 304 g/mol. The van der Waals surface area contributed by atoms with Gasteiger partial charge in [-0.05, 0) is 24.3 Å². The average Bonchev–Trinajstić information content (AvgIpc) is 2.85. The normalized spacial score (nSPS) is 10.7. The molecular formula is C13H10ClN5O2. The van der Waals surface area contributed by atoms with Crippen molar-refractivity contribution < 1.29 is 9.21 Å². The molecule has 2 heterocycles. The Labute approximate surface area is 123 Å². The van der Waals surface area contributed by atoms with E-state index in [0.29, 0.717) is 16.1 Å². The van der Waals surface area contributed by atoms with Crippen molar-refractivity contribution in [3.63, 3.8) is 0 Å². The number of nitrogens with one attached hydrogen (secondary N) is 1. The summed E-state index contributed by atoms with van der Waals surface area (Å²) in [6.07, 6.45) is 1.26. The Morgan fingerprint density at radius 2 is 1.90 bits per heavy atom. The number of furan rings is 1. The number of carbonyl (C=O) groups is 1. The van der Waals surface area contributed by atoms with E-state index in [1.807, 2.05) is 0 Å². The first-order valence-electron chi connectivity index (χ1n) is 5.91. The number of nitrogens with two attached hydrogens (primary N) is 2. The van der Waals surface area contributed by atoms with Crippen molar-refractivity contribution in [3.05, 3.63) is 41.1 Å². The molecule has 3 aromatic rings. The van der Waals surface area contributed by atoms with Crippen molar-refractivity contribution in [1.82, 2.24) is 9.97 Å². The number of hydrogen-bond donors (Lipinski definition) is 3. The molecule has 5 N–H and O–H groups in total. The SMILES string of the molecule is Nc1nc(N)c2c(C(=O)Nc3ccc(Cl)cc3)coc2n1. The molecule has 0 aliphatic rings. The number of rotatable bonds is 2. The predicted octanol–water partition coefficient (Wildman–Crippen LogP) is 2.29. The van der Waals surface area contributed by atoms with E-state index in [4.69, 9.17) is 27.5 Å². The molecule has 1 amide bonds. The maximum Gasteiger partial charge on any atom is 0.259 e. The maximum atomic E-state index is 12.3. The Morgan fingerprint density at radius 3 is 2.62 bits per heavy atom. The van der Waals surface area contributed by atoms with Gasteiger partial charge in [-0.25, -0.2) is 0 Å². The maximum absolute atomic E-state index is 12.3. The van der Waals surface area contributed by atoms with Crippen LogP contribution < -0.4 is 16.8 Å². The van der Waals surface area contributed by atoms with E-state index in [0.717, 1.165) is 0 Å². The van der Waals surface area contributed by atoms with Crippen LogP contribution in [0.25, 0.3) is 11.1 Å². The van der Waals surface area contributed by atoms with Crippen LogP contribution in [-0.4, -0.2) is 15.9 Å². The minimum Gasteiger partial charge on any atom is -0.445 e. The third-order valence-corrected chi connectivity index (χ3v) is 3.08. The standard InChI is InChI=1S/C13H10ClN5O2/c14-6-1-3-7(4-2-6)17-11(20)8-5-21-12-9(8)10(15)18-13(16)19-12/h1-5H,(H,17,20)(H4,15,16,18,19). The van der Waals surface area contributed by atoms with Crippen LogP contribution in [-0.2, 0) is 0 Å². The number of halogens is 1. The fourth-order valence-electron chi connectivity index (χ4n) is 1.88. The smallest absolute Gasteiger partial charge is 0.259 e. The molecule has 106 valence electrons. The number of amides is 1. The number of aromatic nitrogens is 2. The molecule has 21 heavy (non-hydrogen) atoms. The molecule has 3 rings (SSSR count). The quantitative estimate of drug-likeness (QED) is 0.668. The summed E-state index contributed by atoms with van der Waals surface area (Å²) in [5.41, 5.74) is 12.2. The minimum atomic E-state index is -0.392. The van der Waals surface area contributed by atoms with Crippen molar-refractivity contribution in [2.45, 2.75) is 0 Å². The summed E-state index contributed by atoms with van der Waals surface area (Å²) in [5, 5.41) is 3.61. The Kier molecular flexibility index (Phi) is 3.11. The monoisotopic (exact) mass is 303 g/mol. The number of nitrogens with zero attached hydrogens (tertiary/aromatic N) is 2. The summed E-state index contributed by atoms with van der Waals surface area (Å²) in [4.78, 5) is 20.0. The van der Waals surface area contributed by atoms with Gasteiger partial charge in [0, 0.05) is 10.7 Å².